The number of halogens is 1. The molecular formula is C14H17ClN2O2S2. The summed E-state index contributed by atoms with van der Waals surface area (Å²) in [7, 11) is -1.94. The highest BCUT2D eigenvalue weighted by molar-refractivity contribution is 7.91. The van der Waals surface area contributed by atoms with E-state index in [1.165, 1.54) is 15.6 Å². The monoisotopic (exact) mass is 344 g/mol. The van der Waals surface area contributed by atoms with Gasteiger partial charge in [-0.15, -0.1) is 11.3 Å². The van der Waals surface area contributed by atoms with E-state index in [0.29, 0.717) is 22.2 Å². The smallest absolute Gasteiger partial charge is 0.252 e. The molecule has 114 valence electrons. The van der Waals surface area contributed by atoms with Crippen LogP contribution in [0.1, 0.15) is 10.4 Å². The van der Waals surface area contributed by atoms with E-state index < -0.39 is 10.0 Å². The highest BCUT2D eigenvalue weighted by Crippen LogP contribution is 2.26. The lowest BCUT2D eigenvalue weighted by atomic mass is 10.2. The third-order valence-corrected chi connectivity index (χ3v) is 6.83. The van der Waals surface area contributed by atoms with Crippen LogP contribution in [0.25, 0.3) is 0 Å². The summed E-state index contributed by atoms with van der Waals surface area (Å²) in [6.07, 6.45) is 0.689. The summed E-state index contributed by atoms with van der Waals surface area (Å²) in [5.41, 5.74) is 6.27. The first-order valence-corrected chi connectivity index (χ1v) is 9.07. The summed E-state index contributed by atoms with van der Waals surface area (Å²) in [4.78, 5) is 0.974. The van der Waals surface area contributed by atoms with Crippen LogP contribution in [0.4, 0.5) is 0 Å². The van der Waals surface area contributed by atoms with Crippen molar-refractivity contribution in [1.29, 1.82) is 0 Å². The number of nitrogens with two attached hydrogens (primary N) is 1. The minimum absolute atomic E-state index is 0.242. The quantitative estimate of drug-likeness (QED) is 0.876. The lowest BCUT2D eigenvalue weighted by Gasteiger charge is -2.16. The van der Waals surface area contributed by atoms with Crippen LogP contribution in [0.15, 0.2) is 40.6 Å². The van der Waals surface area contributed by atoms with E-state index in [4.69, 9.17) is 17.3 Å². The number of sulfonamides is 1. The van der Waals surface area contributed by atoms with E-state index in [1.807, 2.05) is 24.3 Å². The molecule has 0 saturated carbocycles. The molecule has 0 bridgehead atoms. The predicted octanol–water partition coefficient (Wildman–Crippen LogP) is 2.72. The largest absolute Gasteiger partial charge is 0.330 e. The molecule has 0 atom stereocenters. The predicted molar refractivity (Wildman–Crippen MR) is 87.2 cm³/mol. The fourth-order valence-electron chi connectivity index (χ4n) is 1.88. The zero-order chi connectivity index (χ0) is 15.5. The second-order valence-corrected chi connectivity index (χ2v) is 8.46. The van der Waals surface area contributed by atoms with E-state index in [0.717, 1.165) is 10.4 Å². The van der Waals surface area contributed by atoms with E-state index in [9.17, 15) is 8.42 Å². The van der Waals surface area contributed by atoms with Gasteiger partial charge in [0.15, 0.2) is 0 Å². The minimum atomic E-state index is -3.50. The van der Waals surface area contributed by atoms with E-state index in [1.54, 1.807) is 19.2 Å². The Hall–Kier alpha value is -0.920. The van der Waals surface area contributed by atoms with E-state index in [2.05, 4.69) is 0 Å². The lowest BCUT2D eigenvalue weighted by molar-refractivity contribution is 0.468. The Labute approximate surface area is 134 Å². The number of rotatable bonds is 6. The highest BCUT2D eigenvalue weighted by atomic mass is 35.5. The third kappa shape index (κ3) is 3.84. The average Bonchev–Trinajstić information content (AvgIpc) is 2.91. The van der Waals surface area contributed by atoms with Crippen LogP contribution >= 0.6 is 22.9 Å². The Morgan fingerprint density at radius 2 is 1.95 bits per heavy atom. The molecule has 1 aromatic carbocycles. The number of hydrogen-bond donors (Lipinski definition) is 1. The second-order valence-electron chi connectivity index (χ2n) is 4.61. The van der Waals surface area contributed by atoms with Gasteiger partial charge in [0.1, 0.15) is 4.21 Å². The molecule has 7 heteroatoms. The molecule has 2 rings (SSSR count). The van der Waals surface area contributed by atoms with Crippen LogP contribution in [0.2, 0.25) is 5.02 Å². The van der Waals surface area contributed by atoms with Crippen LogP contribution in [-0.2, 0) is 23.0 Å². The Morgan fingerprint density at radius 1 is 1.24 bits per heavy atom. The minimum Gasteiger partial charge on any atom is -0.330 e. The van der Waals surface area contributed by atoms with Crippen molar-refractivity contribution in [2.45, 2.75) is 17.2 Å². The fourth-order valence-corrected chi connectivity index (χ4v) is 4.80. The number of nitrogens with zero attached hydrogens (tertiary/aromatic N) is 1. The molecular weight excluding hydrogens is 328 g/mol. The van der Waals surface area contributed by atoms with Gasteiger partial charge in [-0.1, -0.05) is 29.8 Å². The van der Waals surface area contributed by atoms with Gasteiger partial charge in [0.25, 0.3) is 10.0 Å². The molecule has 0 fully saturated rings. The second kappa shape index (κ2) is 6.89. The maximum atomic E-state index is 12.5. The molecule has 0 radical (unpaired) electrons. The molecule has 0 saturated heterocycles. The summed E-state index contributed by atoms with van der Waals surface area (Å²) in [6.45, 7) is 0.752. The molecule has 2 N–H and O–H groups in total. The van der Waals surface area contributed by atoms with Crippen molar-refractivity contribution in [3.8, 4) is 0 Å². The standard InChI is InChI=1S/C14H17ClN2O2S2/c1-17(10-11-4-2-3-5-13(11)15)21(18,19)14-7-6-12(20-14)8-9-16/h2-7H,8-10,16H2,1H3. The Balaban J connectivity index is 2.20. The van der Waals surface area contributed by atoms with Crippen molar-refractivity contribution in [3.05, 3.63) is 51.9 Å². The maximum absolute atomic E-state index is 12.5. The van der Waals surface area contributed by atoms with Crippen molar-refractivity contribution in [2.24, 2.45) is 5.73 Å². The van der Waals surface area contributed by atoms with Crippen molar-refractivity contribution < 1.29 is 8.42 Å². The van der Waals surface area contributed by atoms with Crippen molar-refractivity contribution in [3.63, 3.8) is 0 Å². The van der Waals surface area contributed by atoms with Crippen LogP contribution < -0.4 is 5.73 Å². The molecule has 0 aliphatic rings. The van der Waals surface area contributed by atoms with Gasteiger partial charge in [0.05, 0.1) is 0 Å². The zero-order valence-electron chi connectivity index (χ0n) is 11.6. The van der Waals surface area contributed by atoms with Gasteiger partial charge in [0.2, 0.25) is 0 Å². The van der Waals surface area contributed by atoms with Gasteiger partial charge in [-0.2, -0.15) is 4.31 Å². The highest BCUT2D eigenvalue weighted by Gasteiger charge is 2.23. The SMILES string of the molecule is CN(Cc1ccccc1Cl)S(=O)(=O)c1ccc(CCN)s1. The van der Waals surface area contributed by atoms with Crippen molar-refractivity contribution in [2.75, 3.05) is 13.6 Å². The zero-order valence-corrected chi connectivity index (χ0v) is 14.0. The van der Waals surface area contributed by atoms with Crippen LogP contribution in [0, 0.1) is 0 Å². The normalized spacial score (nSPS) is 12.0. The van der Waals surface area contributed by atoms with Gasteiger partial charge < -0.3 is 5.73 Å². The van der Waals surface area contributed by atoms with Gasteiger partial charge in [0, 0.05) is 23.5 Å². The average molecular weight is 345 g/mol. The Kier molecular flexibility index (Phi) is 5.40. The topological polar surface area (TPSA) is 63.4 Å². The number of thiophene rings is 1. The molecule has 0 amide bonds. The summed E-state index contributed by atoms with van der Waals surface area (Å²) in [5, 5.41) is 0.564. The molecule has 0 aliphatic carbocycles. The Morgan fingerprint density at radius 3 is 2.62 bits per heavy atom. The fraction of sp³-hybridized carbons (Fsp3) is 0.286. The van der Waals surface area contributed by atoms with Gasteiger partial charge in [-0.3, -0.25) is 0 Å². The molecule has 21 heavy (non-hydrogen) atoms. The summed E-state index contributed by atoms with van der Waals surface area (Å²) < 4.78 is 26.7. The molecule has 0 spiro atoms. The third-order valence-electron chi connectivity index (χ3n) is 3.04. The molecule has 4 nitrogen and oxygen atoms in total. The van der Waals surface area contributed by atoms with E-state index >= 15 is 0 Å². The number of benzene rings is 1. The first kappa shape index (κ1) is 16.5. The molecule has 1 aromatic heterocycles. The van der Waals surface area contributed by atoms with Crippen molar-refractivity contribution >= 4 is 33.0 Å². The van der Waals surface area contributed by atoms with Crippen molar-refractivity contribution in [1.82, 2.24) is 4.31 Å². The van der Waals surface area contributed by atoms with Gasteiger partial charge >= 0.3 is 0 Å². The summed E-state index contributed by atoms with van der Waals surface area (Å²) in [5.74, 6) is 0. The summed E-state index contributed by atoms with van der Waals surface area (Å²) >= 11 is 7.34. The Bertz CT molecular complexity index is 713. The maximum Gasteiger partial charge on any atom is 0.252 e. The van der Waals surface area contributed by atoms with Gasteiger partial charge in [-0.05, 0) is 36.7 Å². The molecule has 2 aromatic rings. The van der Waals surface area contributed by atoms with Crippen LogP contribution in [0.3, 0.4) is 0 Å². The first-order valence-electron chi connectivity index (χ1n) is 6.43. The van der Waals surface area contributed by atoms with E-state index in [-0.39, 0.29) is 6.54 Å². The van der Waals surface area contributed by atoms with Gasteiger partial charge in [-0.25, -0.2) is 8.42 Å². The number of hydrogen-bond acceptors (Lipinski definition) is 4. The first-order chi connectivity index (χ1) is 9.95. The molecule has 0 unspecified atom stereocenters. The van der Waals surface area contributed by atoms with Crippen LogP contribution in [0.5, 0.6) is 0 Å². The summed E-state index contributed by atoms with van der Waals surface area (Å²) in [6, 6.07) is 10.7. The van der Waals surface area contributed by atoms with Crippen LogP contribution in [-0.4, -0.2) is 26.3 Å². The molecule has 1 heterocycles. The lowest BCUT2D eigenvalue weighted by Crippen LogP contribution is -2.25. The molecule has 0 aliphatic heterocycles.